The van der Waals surface area contributed by atoms with Gasteiger partial charge in [0.1, 0.15) is 0 Å². The van der Waals surface area contributed by atoms with Crippen molar-refractivity contribution in [1.29, 1.82) is 0 Å². The summed E-state index contributed by atoms with van der Waals surface area (Å²) in [7, 11) is 0. The zero-order valence-corrected chi connectivity index (χ0v) is 10.8. The van der Waals surface area contributed by atoms with E-state index in [4.69, 9.17) is 9.47 Å². The number of hydrogen-bond donors (Lipinski definition) is 1. The van der Waals surface area contributed by atoms with E-state index in [0.717, 1.165) is 39.3 Å². The van der Waals surface area contributed by atoms with Gasteiger partial charge in [0.15, 0.2) is 0 Å². The Balaban J connectivity index is 3.22. The van der Waals surface area contributed by atoms with Crippen molar-refractivity contribution in [2.24, 2.45) is 0 Å². The van der Waals surface area contributed by atoms with Crippen LogP contribution in [0, 0.1) is 0 Å². The molecule has 0 saturated heterocycles. The van der Waals surface area contributed by atoms with Crippen molar-refractivity contribution in [3.8, 4) is 0 Å². The first-order valence-electron chi connectivity index (χ1n) is 6.05. The van der Waals surface area contributed by atoms with Crippen molar-refractivity contribution < 1.29 is 9.47 Å². The van der Waals surface area contributed by atoms with Crippen LogP contribution in [0.2, 0.25) is 0 Å². The second-order valence-electron chi connectivity index (χ2n) is 4.34. The van der Waals surface area contributed by atoms with Crippen LogP contribution >= 0.6 is 0 Å². The Hall–Kier alpha value is -0.120. The van der Waals surface area contributed by atoms with Crippen LogP contribution in [0.15, 0.2) is 0 Å². The van der Waals surface area contributed by atoms with Gasteiger partial charge in [-0.1, -0.05) is 13.3 Å². The minimum absolute atomic E-state index is 0.0713. The quantitative estimate of drug-likeness (QED) is 0.569. The Morgan fingerprint density at radius 3 is 2.47 bits per heavy atom. The Kier molecular flexibility index (Phi) is 9.06. The molecule has 0 unspecified atom stereocenters. The third-order valence-corrected chi connectivity index (χ3v) is 2.15. The number of nitrogens with one attached hydrogen (secondary N) is 1. The number of unbranched alkanes of at least 4 members (excludes halogenated alkanes) is 1. The van der Waals surface area contributed by atoms with E-state index in [-0.39, 0.29) is 5.60 Å². The highest BCUT2D eigenvalue weighted by Crippen LogP contribution is 2.06. The van der Waals surface area contributed by atoms with Crippen molar-refractivity contribution in [2.75, 3.05) is 32.9 Å². The molecule has 0 aromatic rings. The van der Waals surface area contributed by atoms with Crippen LogP contribution < -0.4 is 5.32 Å². The van der Waals surface area contributed by atoms with E-state index < -0.39 is 0 Å². The fraction of sp³-hybridized carbons (Fsp3) is 1.00. The summed E-state index contributed by atoms with van der Waals surface area (Å²) >= 11 is 0. The van der Waals surface area contributed by atoms with Crippen molar-refractivity contribution in [1.82, 2.24) is 5.32 Å². The van der Waals surface area contributed by atoms with Crippen molar-refractivity contribution in [3.05, 3.63) is 0 Å². The van der Waals surface area contributed by atoms with E-state index in [1.54, 1.807) is 0 Å². The Bertz CT molecular complexity index is 138. The van der Waals surface area contributed by atoms with Gasteiger partial charge in [0.25, 0.3) is 0 Å². The molecule has 0 aliphatic heterocycles. The number of ether oxygens (including phenoxy) is 2. The SMILES string of the molecule is CCCCOCCNCC(C)(C)OCC. The maximum absolute atomic E-state index is 5.57. The molecule has 92 valence electrons. The van der Waals surface area contributed by atoms with E-state index in [1.807, 2.05) is 6.92 Å². The molecule has 0 bridgehead atoms. The molecule has 0 heterocycles. The molecule has 0 rings (SSSR count). The van der Waals surface area contributed by atoms with Gasteiger partial charge in [-0.25, -0.2) is 0 Å². The Morgan fingerprint density at radius 2 is 1.87 bits per heavy atom. The minimum Gasteiger partial charge on any atom is -0.380 e. The predicted octanol–water partition coefficient (Wildman–Crippen LogP) is 2.21. The van der Waals surface area contributed by atoms with Crippen molar-refractivity contribution >= 4 is 0 Å². The predicted molar refractivity (Wildman–Crippen MR) is 64.3 cm³/mol. The molecule has 0 spiro atoms. The molecule has 3 heteroatoms. The van der Waals surface area contributed by atoms with Gasteiger partial charge in [0, 0.05) is 26.3 Å². The lowest BCUT2D eigenvalue weighted by atomic mass is 10.1. The molecule has 15 heavy (non-hydrogen) atoms. The highest BCUT2D eigenvalue weighted by Gasteiger charge is 2.16. The zero-order chi connectivity index (χ0) is 11.6. The topological polar surface area (TPSA) is 30.5 Å². The van der Waals surface area contributed by atoms with E-state index in [1.165, 1.54) is 6.42 Å². The van der Waals surface area contributed by atoms with E-state index in [9.17, 15) is 0 Å². The molecule has 0 atom stereocenters. The minimum atomic E-state index is -0.0713. The van der Waals surface area contributed by atoms with Gasteiger partial charge in [0.05, 0.1) is 12.2 Å². The number of hydrogen-bond acceptors (Lipinski definition) is 3. The van der Waals surface area contributed by atoms with E-state index in [2.05, 4.69) is 26.1 Å². The maximum atomic E-state index is 5.57. The fourth-order valence-electron chi connectivity index (χ4n) is 1.32. The van der Waals surface area contributed by atoms with Crippen molar-refractivity contribution in [3.63, 3.8) is 0 Å². The molecule has 0 aromatic carbocycles. The third kappa shape index (κ3) is 10.2. The van der Waals surface area contributed by atoms with Gasteiger partial charge < -0.3 is 14.8 Å². The molecule has 0 aromatic heterocycles. The molecule has 0 aliphatic rings. The Morgan fingerprint density at radius 1 is 1.13 bits per heavy atom. The first kappa shape index (κ1) is 14.9. The van der Waals surface area contributed by atoms with Crippen molar-refractivity contribution in [2.45, 2.75) is 46.1 Å². The van der Waals surface area contributed by atoms with E-state index in [0.29, 0.717) is 0 Å². The normalized spacial score (nSPS) is 12.0. The first-order chi connectivity index (χ1) is 7.12. The van der Waals surface area contributed by atoms with Gasteiger partial charge in [-0.2, -0.15) is 0 Å². The van der Waals surface area contributed by atoms with Gasteiger partial charge in [-0.15, -0.1) is 0 Å². The summed E-state index contributed by atoms with van der Waals surface area (Å²) in [5.74, 6) is 0. The molecule has 0 saturated carbocycles. The lowest BCUT2D eigenvalue weighted by molar-refractivity contribution is -0.00982. The van der Waals surface area contributed by atoms with Crippen LogP contribution in [0.5, 0.6) is 0 Å². The molecule has 3 nitrogen and oxygen atoms in total. The average molecular weight is 217 g/mol. The largest absolute Gasteiger partial charge is 0.380 e. The molecule has 0 aliphatic carbocycles. The van der Waals surface area contributed by atoms with Gasteiger partial charge in [0.2, 0.25) is 0 Å². The molecule has 0 fully saturated rings. The van der Waals surface area contributed by atoms with Crippen LogP contribution in [0.3, 0.4) is 0 Å². The van der Waals surface area contributed by atoms with Crippen LogP contribution in [0.1, 0.15) is 40.5 Å². The summed E-state index contributed by atoms with van der Waals surface area (Å²) in [4.78, 5) is 0. The summed E-state index contributed by atoms with van der Waals surface area (Å²) in [5.41, 5.74) is -0.0713. The molecular weight excluding hydrogens is 190 g/mol. The van der Waals surface area contributed by atoms with Crippen LogP contribution in [-0.2, 0) is 9.47 Å². The second-order valence-corrected chi connectivity index (χ2v) is 4.34. The van der Waals surface area contributed by atoms with Gasteiger partial charge >= 0.3 is 0 Å². The fourth-order valence-corrected chi connectivity index (χ4v) is 1.32. The highest BCUT2D eigenvalue weighted by molar-refractivity contribution is 4.71. The number of rotatable bonds is 10. The second kappa shape index (κ2) is 9.13. The van der Waals surface area contributed by atoms with Crippen LogP contribution in [0.25, 0.3) is 0 Å². The van der Waals surface area contributed by atoms with Crippen LogP contribution in [-0.4, -0.2) is 38.5 Å². The summed E-state index contributed by atoms with van der Waals surface area (Å²) in [6.07, 6.45) is 2.36. The van der Waals surface area contributed by atoms with E-state index >= 15 is 0 Å². The third-order valence-electron chi connectivity index (χ3n) is 2.15. The zero-order valence-electron chi connectivity index (χ0n) is 10.8. The molecule has 1 N–H and O–H groups in total. The lowest BCUT2D eigenvalue weighted by Gasteiger charge is -2.24. The maximum Gasteiger partial charge on any atom is 0.0750 e. The molecule has 0 radical (unpaired) electrons. The monoisotopic (exact) mass is 217 g/mol. The first-order valence-corrected chi connectivity index (χ1v) is 6.05. The highest BCUT2D eigenvalue weighted by atomic mass is 16.5. The smallest absolute Gasteiger partial charge is 0.0750 e. The standard InChI is InChI=1S/C12H27NO2/c1-5-7-9-14-10-8-13-11-12(3,4)15-6-2/h13H,5-11H2,1-4H3. The Labute approximate surface area is 94.5 Å². The van der Waals surface area contributed by atoms with Gasteiger partial charge in [-0.3, -0.25) is 0 Å². The molecular formula is C12H27NO2. The summed E-state index contributed by atoms with van der Waals surface area (Å²) in [6, 6.07) is 0. The molecule has 0 amide bonds. The summed E-state index contributed by atoms with van der Waals surface area (Å²) in [6.45, 7) is 12.6. The summed E-state index contributed by atoms with van der Waals surface area (Å²) < 4.78 is 11.0. The van der Waals surface area contributed by atoms with Crippen LogP contribution in [0.4, 0.5) is 0 Å². The lowest BCUT2D eigenvalue weighted by Crippen LogP contribution is -2.38. The summed E-state index contributed by atoms with van der Waals surface area (Å²) in [5, 5.41) is 3.34. The van der Waals surface area contributed by atoms with Gasteiger partial charge in [-0.05, 0) is 27.2 Å². The average Bonchev–Trinajstić information content (AvgIpc) is 2.16.